The Hall–Kier alpha value is -2.35. The molecule has 0 bridgehead atoms. The van der Waals surface area contributed by atoms with E-state index in [-0.39, 0.29) is 5.82 Å². The number of halogens is 1. The molecule has 0 N–H and O–H groups in total. The second kappa shape index (κ2) is 3.58. The van der Waals surface area contributed by atoms with Gasteiger partial charge >= 0.3 is 0 Å². The molecule has 0 aliphatic heterocycles. The maximum Gasteiger partial charge on any atom is 0.142 e. The molecule has 0 unspecified atom stereocenters. The van der Waals surface area contributed by atoms with Crippen molar-refractivity contribution < 1.29 is 8.81 Å². The summed E-state index contributed by atoms with van der Waals surface area (Å²) in [5.74, 6) is 0.650. The highest BCUT2D eigenvalue weighted by molar-refractivity contribution is 6.23. The lowest BCUT2D eigenvalue weighted by Gasteiger charge is -2.05. The second-order valence-corrected chi connectivity index (χ2v) is 4.84. The zero-order chi connectivity index (χ0) is 13.0. The van der Waals surface area contributed by atoms with E-state index in [1.807, 2.05) is 31.2 Å². The van der Waals surface area contributed by atoms with Crippen molar-refractivity contribution in [2.24, 2.45) is 0 Å². The molecular weight excluding hydrogens is 239 g/mol. The molecule has 3 aromatic carbocycles. The Morgan fingerprint density at radius 1 is 0.789 bits per heavy atom. The molecule has 0 spiro atoms. The van der Waals surface area contributed by atoms with Crippen LogP contribution in [0.5, 0.6) is 0 Å². The molecule has 4 rings (SSSR count). The quantitative estimate of drug-likeness (QED) is 0.391. The number of fused-ring (bicyclic) bond motifs is 6. The van der Waals surface area contributed by atoms with Gasteiger partial charge in [-0.1, -0.05) is 24.3 Å². The van der Waals surface area contributed by atoms with Crippen molar-refractivity contribution in [3.05, 3.63) is 60.1 Å². The zero-order valence-electron chi connectivity index (χ0n) is 10.4. The van der Waals surface area contributed by atoms with E-state index in [0.29, 0.717) is 0 Å². The molecule has 0 radical (unpaired) electrons. The lowest BCUT2D eigenvalue weighted by atomic mass is 9.98. The first-order valence-electron chi connectivity index (χ1n) is 6.24. The largest absolute Gasteiger partial charge is 0.461 e. The van der Waals surface area contributed by atoms with Crippen molar-refractivity contribution in [2.45, 2.75) is 6.92 Å². The number of hydrogen-bond donors (Lipinski definition) is 0. The van der Waals surface area contributed by atoms with Crippen molar-refractivity contribution >= 4 is 32.5 Å². The van der Waals surface area contributed by atoms with Gasteiger partial charge in [-0.15, -0.1) is 0 Å². The van der Waals surface area contributed by atoms with Crippen LogP contribution in [0.3, 0.4) is 0 Å². The fourth-order valence-electron chi connectivity index (χ4n) is 2.80. The summed E-state index contributed by atoms with van der Waals surface area (Å²) in [6.07, 6.45) is 0. The van der Waals surface area contributed by atoms with Gasteiger partial charge in [-0.05, 0) is 47.3 Å². The summed E-state index contributed by atoms with van der Waals surface area (Å²) in [7, 11) is 0. The molecule has 4 aromatic rings. The van der Waals surface area contributed by atoms with Gasteiger partial charge in [-0.2, -0.15) is 0 Å². The standard InChI is InChI=1S/C17H11FO/c1-10-8-16-13-5-3-2-4-12(13)15-9-11(18)6-7-14(15)17(16)19-10/h2-9H,1H3. The molecule has 1 aromatic heterocycles. The lowest BCUT2D eigenvalue weighted by Crippen LogP contribution is -1.81. The normalized spacial score (nSPS) is 11.7. The van der Waals surface area contributed by atoms with Gasteiger partial charge in [0.1, 0.15) is 17.2 Å². The zero-order valence-corrected chi connectivity index (χ0v) is 10.4. The van der Waals surface area contributed by atoms with Crippen LogP contribution in [0.15, 0.2) is 52.9 Å². The van der Waals surface area contributed by atoms with Gasteiger partial charge in [0.25, 0.3) is 0 Å². The van der Waals surface area contributed by atoms with E-state index in [1.54, 1.807) is 12.1 Å². The van der Waals surface area contributed by atoms with Crippen LogP contribution in [0.4, 0.5) is 4.39 Å². The molecule has 0 atom stereocenters. The minimum atomic E-state index is -0.222. The van der Waals surface area contributed by atoms with E-state index < -0.39 is 0 Å². The Bertz CT molecular complexity index is 934. The smallest absolute Gasteiger partial charge is 0.142 e. The van der Waals surface area contributed by atoms with E-state index in [2.05, 4.69) is 6.07 Å². The molecule has 0 aliphatic carbocycles. The van der Waals surface area contributed by atoms with Gasteiger partial charge in [-0.3, -0.25) is 0 Å². The van der Waals surface area contributed by atoms with Gasteiger partial charge in [0.15, 0.2) is 0 Å². The van der Waals surface area contributed by atoms with Crippen LogP contribution in [0.1, 0.15) is 5.76 Å². The monoisotopic (exact) mass is 250 g/mol. The summed E-state index contributed by atoms with van der Waals surface area (Å²) in [5.41, 5.74) is 0.839. The first kappa shape index (κ1) is 10.6. The van der Waals surface area contributed by atoms with Crippen LogP contribution >= 0.6 is 0 Å². The average molecular weight is 250 g/mol. The molecule has 1 heterocycles. The molecule has 0 saturated carbocycles. The van der Waals surface area contributed by atoms with Crippen molar-refractivity contribution in [3.8, 4) is 0 Å². The fourth-order valence-corrected chi connectivity index (χ4v) is 2.80. The highest BCUT2D eigenvalue weighted by Gasteiger charge is 2.12. The minimum Gasteiger partial charge on any atom is -0.461 e. The van der Waals surface area contributed by atoms with E-state index in [1.165, 1.54) is 6.07 Å². The summed E-state index contributed by atoms with van der Waals surface area (Å²) in [4.78, 5) is 0. The van der Waals surface area contributed by atoms with Crippen LogP contribution in [-0.2, 0) is 0 Å². The Labute approximate surface area is 109 Å². The maximum atomic E-state index is 13.5. The third-order valence-electron chi connectivity index (χ3n) is 3.59. The van der Waals surface area contributed by atoms with E-state index in [9.17, 15) is 4.39 Å². The minimum absolute atomic E-state index is 0.222. The summed E-state index contributed by atoms with van der Waals surface area (Å²) in [6, 6.07) is 14.9. The lowest BCUT2D eigenvalue weighted by molar-refractivity contribution is 0.581. The predicted molar refractivity (Wildman–Crippen MR) is 75.9 cm³/mol. The van der Waals surface area contributed by atoms with Gasteiger partial charge in [0.05, 0.1) is 0 Å². The first-order valence-corrected chi connectivity index (χ1v) is 6.24. The van der Waals surface area contributed by atoms with E-state index >= 15 is 0 Å². The molecule has 0 fully saturated rings. The fraction of sp³-hybridized carbons (Fsp3) is 0.0588. The topological polar surface area (TPSA) is 13.1 Å². The van der Waals surface area contributed by atoms with Crippen LogP contribution in [0, 0.1) is 12.7 Å². The van der Waals surface area contributed by atoms with Gasteiger partial charge < -0.3 is 4.42 Å². The van der Waals surface area contributed by atoms with Crippen molar-refractivity contribution in [2.75, 3.05) is 0 Å². The predicted octanol–water partition coefficient (Wildman–Crippen LogP) is 5.19. The summed E-state index contributed by atoms with van der Waals surface area (Å²) in [6.45, 7) is 1.93. The Kier molecular flexibility index (Phi) is 1.99. The van der Waals surface area contributed by atoms with Crippen LogP contribution < -0.4 is 0 Å². The van der Waals surface area contributed by atoms with Crippen LogP contribution in [-0.4, -0.2) is 0 Å². The number of rotatable bonds is 0. The summed E-state index contributed by atoms with van der Waals surface area (Å²) < 4.78 is 19.3. The number of aryl methyl sites for hydroxylation is 1. The second-order valence-electron chi connectivity index (χ2n) is 4.84. The molecule has 0 saturated heterocycles. The van der Waals surface area contributed by atoms with Gasteiger partial charge in [0, 0.05) is 10.8 Å². The number of hydrogen-bond acceptors (Lipinski definition) is 1. The third kappa shape index (κ3) is 1.40. The molecule has 2 heteroatoms. The SMILES string of the molecule is Cc1cc2c3ccccc3c3cc(F)ccc3c2o1. The molecule has 19 heavy (non-hydrogen) atoms. The van der Waals surface area contributed by atoms with Gasteiger partial charge in [0.2, 0.25) is 0 Å². The highest BCUT2D eigenvalue weighted by atomic mass is 19.1. The van der Waals surface area contributed by atoms with Crippen molar-refractivity contribution in [1.82, 2.24) is 0 Å². The van der Waals surface area contributed by atoms with Crippen molar-refractivity contribution in [3.63, 3.8) is 0 Å². The number of furan rings is 1. The van der Waals surface area contributed by atoms with E-state index in [4.69, 9.17) is 4.42 Å². The number of benzene rings is 3. The molecule has 1 nitrogen and oxygen atoms in total. The molecule has 0 aliphatic rings. The maximum absolute atomic E-state index is 13.5. The Balaban J connectivity index is 2.42. The average Bonchev–Trinajstić information content (AvgIpc) is 2.81. The van der Waals surface area contributed by atoms with E-state index in [0.717, 1.165) is 38.3 Å². The van der Waals surface area contributed by atoms with Crippen LogP contribution in [0.25, 0.3) is 32.5 Å². The van der Waals surface area contributed by atoms with Gasteiger partial charge in [-0.25, -0.2) is 4.39 Å². The Morgan fingerprint density at radius 2 is 1.53 bits per heavy atom. The highest BCUT2D eigenvalue weighted by Crippen LogP contribution is 2.36. The molecule has 0 amide bonds. The van der Waals surface area contributed by atoms with Crippen LogP contribution in [0.2, 0.25) is 0 Å². The first-order chi connectivity index (χ1) is 9.24. The van der Waals surface area contributed by atoms with Crippen molar-refractivity contribution in [1.29, 1.82) is 0 Å². The molecular formula is C17H11FO. The summed E-state index contributed by atoms with van der Waals surface area (Å²) in [5, 5.41) is 5.12. The third-order valence-corrected chi connectivity index (χ3v) is 3.59. The molecule has 92 valence electrons. The summed E-state index contributed by atoms with van der Waals surface area (Å²) >= 11 is 0. The Morgan fingerprint density at radius 3 is 2.32 bits per heavy atom.